The highest BCUT2D eigenvalue weighted by Gasteiger charge is 2.37. The number of nitrogens with two attached hydrogens (primary N) is 1. The van der Waals surface area contributed by atoms with Gasteiger partial charge in [0.05, 0.1) is 31.4 Å². The minimum absolute atomic E-state index is 0.00391. The van der Waals surface area contributed by atoms with Gasteiger partial charge in [-0.2, -0.15) is 0 Å². The topological polar surface area (TPSA) is 105 Å². The number of carbonyl (C=O) groups excluding carboxylic acids is 2. The van der Waals surface area contributed by atoms with E-state index in [1.807, 2.05) is 54.3 Å². The molecule has 2 amide bonds. The lowest BCUT2D eigenvalue weighted by Gasteiger charge is -2.32. The number of halogens is 1. The number of aliphatic hydroxyl groups is 1. The molecule has 1 heterocycles. The number of likely N-dealkylation sites (tertiary alicyclic amines) is 1. The molecule has 1 aliphatic rings. The number of nitrogens with zero attached hydrogens (tertiary/aromatic N) is 1. The van der Waals surface area contributed by atoms with E-state index in [2.05, 4.69) is 52.2 Å². The molecule has 1 saturated heterocycles. The normalized spacial score (nSPS) is 19.4. The Bertz CT molecular complexity index is 1110. The van der Waals surface area contributed by atoms with Crippen LogP contribution in [0.5, 0.6) is 0 Å². The van der Waals surface area contributed by atoms with Crippen molar-refractivity contribution in [2.24, 2.45) is 11.1 Å². The summed E-state index contributed by atoms with van der Waals surface area (Å²) in [6.45, 7) is 6.36. The molecule has 0 aliphatic carbocycles. The lowest BCUT2D eigenvalue weighted by atomic mass is 9.83. The fourth-order valence-electron chi connectivity index (χ4n) is 4.81. The predicted molar refractivity (Wildman–Crippen MR) is 163 cm³/mol. The van der Waals surface area contributed by atoms with Crippen LogP contribution in [0.4, 0.5) is 0 Å². The van der Waals surface area contributed by atoms with E-state index in [0.717, 1.165) is 22.8 Å². The van der Waals surface area contributed by atoms with E-state index in [-0.39, 0.29) is 18.6 Å². The van der Waals surface area contributed by atoms with Gasteiger partial charge in [0.25, 0.3) is 0 Å². The minimum atomic E-state index is -0.860. The fourth-order valence-corrected chi connectivity index (χ4v) is 5.28. The molecule has 7 nitrogen and oxygen atoms in total. The van der Waals surface area contributed by atoms with E-state index in [4.69, 9.17) is 10.5 Å². The molecule has 0 unspecified atom stereocenters. The quantitative estimate of drug-likeness (QED) is 0.172. The van der Waals surface area contributed by atoms with Gasteiger partial charge in [0.15, 0.2) is 0 Å². The van der Waals surface area contributed by atoms with Crippen LogP contribution in [0.25, 0.3) is 0 Å². The second kappa shape index (κ2) is 14.9. The minimum Gasteiger partial charge on any atom is -0.395 e. The Kier molecular flexibility index (Phi) is 12.0. The summed E-state index contributed by atoms with van der Waals surface area (Å²) in [5.41, 5.74) is 8.77. The summed E-state index contributed by atoms with van der Waals surface area (Å²) in [5.74, 6) is -0.575. The molecule has 0 saturated carbocycles. The third-order valence-corrected chi connectivity index (χ3v) is 8.10. The summed E-state index contributed by atoms with van der Waals surface area (Å²) in [5, 5.41) is 13.1. The zero-order valence-electron chi connectivity index (χ0n) is 23.2. The van der Waals surface area contributed by atoms with Crippen molar-refractivity contribution in [3.05, 3.63) is 83.4 Å². The van der Waals surface area contributed by atoms with E-state index in [9.17, 15) is 14.7 Å². The lowest BCUT2D eigenvalue weighted by Crippen LogP contribution is -2.57. The molecule has 212 valence electrons. The first kappa shape index (κ1) is 31.3. The van der Waals surface area contributed by atoms with Crippen molar-refractivity contribution in [1.82, 2.24) is 10.2 Å². The zero-order valence-corrected chi connectivity index (χ0v) is 25.3. The number of hydrogen-bond donors (Lipinski definition) is 3. The molecule has 0 radical (unpaired) electrons. The van der Waals surface area contributed by atoms with Gasteiger partial charge in [0.2, 0.25) is 11.8 Å². The van der Waals surface area contributed by atoms with E-state index in [1.165, 1.54) is 11.1 Å². The highest BCUT2D eigenvalue weighted by atomic mass is 127. The highest BCUT2D eigenvalue weighted by molar-refractivity contribution is 14.1. The molecule has 0 bridgehead atoms. The van der Waals surface area contributed by atoms with Crippen LogP contribution in [0.2, 0.25) is 0 Å². The number of rotatable bonds is 13. The molecule has 8 heteroatoms. The van der Waals surface area contributed by atoms with Crippen molar-refractivity contribution < 1.29 is 19.4 Å². The van der Waals surface area contributed by atoms with Crippen LogP contribution >= 0.6 is 22.6 Å². The Labute approximate surface area is 246 Å². The maximum absolute atomic E-state index is 13.8. The Morgan fingerprint density at radius 2 is 1.87 bits per heavy atom. The first-order valence-electron chi connectivity index (χ1n) is 13.6. The van der Waals surface area contributed by atoms with Crippen LogP contribution in [0.3, 0.4) is 0 Å². The summed E-state index contributed by atoms with van der Waals surface area (Å²) in [7, 11) is 0. The van der Waals surface area contributed by atoms with Gasteiger partial charge < -0.3 is 25.8 Å². The Morgan fingerprint density at radius 3 is 2.54 bits per heavy atom. The second-order valence-electron chi connectivity index (χ2n) is 10.8. The molecule has 39 heavy (non-hydrogen) atoms. The Balaban J connectivity index is 1.74. The Morgan fingerprint density at radius 1 is 1.18 bits per heavy atom. The van der Waals surface area contributed by atoms with Gasteiger partial charge in [0.1, 0.15) is 6.04 Å². The van der Waals surface area contributed by atoms with Crippen LogP contribution in [0.1, 0.15) is 50.3 Å². The molecule has 2 aromatic rings. The summed E-state index contributed by atoms with van der Waals surface area (Å²) in [6, 6.07) is 16.4. The van der Waals surface area contributed by atoms with Gasteiger partial charge in [-0.3, -0.25) is 9.59 Å². The van der Waals surface area contributed by atoms with Crippen LogP contribution in [0.15, 0.2) is 66.7 Å². The number of aliphatic hydroxyl groups excluding tert-OH is 1. The van der Waals surface area contributed by atoms with Gasteiger partial charge in [-0.15, -0.1) is 0 Å². The second-order valence-corrected chi connectivity index (χ2v) is 11.6. The van der Waals surface area contributed by atoms with Gasteiger partial charge in [-0.1, -0.05) is 96.3 Å². The molecular formula is C31H42IN3O4. The maximum Gasteiger partial charge on any atom is 0.248 e. The molecule has 2 aromatic carbocycles. The average Bonchev–Trinajstić information content (AvgIpc) is 3.42. The first-order chi connectivity index (χ1) is 18.7. The van der Waals surface area contributed by atoms with Crippen molar-refractivity contribution in [3.63, 3.8) is 0 Å². The summed E-state index contributed by atoms with van der Waals surface area (Å²) >= 11 is 2.35. The van der Waals surface area contributed by atoms with Gasteiger partial charge in [-0.25, -0.2) is 0 Å². The standard InChI is InChI=1S/C31H42IN3O4/c1-22(33)29(37)34-28(23(2)39-20-24-9-5-4-6-10-24)30(38)35-16-8-13-27(35)14-15-31(3,21-36)18-25-11-7-12-26(17-25)19-32/h4-7,9-12,14-15,17,22-23,27-28,36H,8,13,16,18-21,33H2,1-3H3,(H,34,37)/b15-14+/t22-,23+,27-,28-,31-/m0/s1. The number of nitrogens with one attached hydrogen (secondary N) is 1. The largest absolute Gasteiger partial charge is 0.395 e. The highest BCUT2D eigenvalue weighted by Crippen LogP contribution is 2.28. The smallest absolute Gasteiger partial charge is 0.248 e. The number of ether oxygens (including phenoxy) is 1. The van der Waals surface area contributed by atoms with Gasteiger partial charge in [0, 0.05) is 16.4 Å². The SMILES string of the molecule is C[C@H](N)C(=O)N[C@H](C(=O)N1CCC[C@H]1/C=C/[C@](C)(CO)Cc1cccc(CI)c1)[C@@H](C)OCc1ccccc1. The zero-order chi connectivity index (χ0) is 28.4. The van der Waals surface area contributed by atoms with Crippen LogP contribution < -0.4 is 11.1 Å². The average molecular weight is 648 g/mol. The van der Waals surface area contributed by atoms with Gasteiger partial charge >= 0.3 is 0 Å². The number of amides is 2. The molecule has 0 aromatic heterocycles. The molecule has 3 rings (SSSR count). The van der Waals surface area contributed by atoms with Crippen LogP contribution in [0, 0.1) is 5.41 Å². The van der Waals surface area contributed by atoms with Crippen LogP contribution in [-0.2, 0) is 31.8 Å². The predicted octanol–water partition coefficient (Wildman–Crippen LogP) is 4.15. The fraction of sp³-hybridized carbons (Fsp3) is 0.484. The number of alkyl halides is 1. The molecular weight excluding hydrogens is 605 g/mol. The third kappa shape index (κ3) is 9.13. The number of benzene rings is 2. The summed E-state index contributed by atoms with van der Waals surface area (Å²) in [6.07, 6.45) is 5.91. The van der Waals surface area contributed by atoms with Gasteiger partial charge in [-0.05, 0) is 49.8 Å². The number of carbonyl (C=O) groups is 2. The summed E-state index contributed by atoms with van der Waals surface area (Å²) < 4.78 is 6.98. The van der Waals surface area contributed by atoms with Crippen molar-refractivity contribution in [3.8, 4) is 0 Å². The lowest BCUT2D eigenvalue weighted by molar-refractivity contribution is -0.141. The first-order valence-corrected chi connectivity index (χ1v) is 15.1. The number of hydrogen-bond acceptors (Lipinski definition) is 5. The van der Waals surface area contributed by atoms with E-state index in [1.54, 1.807) is 13.8 Å². The Hall–Kier alpha value is -2.27. The van der Waals surface area contributed by atoms with Crippen molar-refractivity contribution in [2.75, 3.05) is 13.2 Å². The van der Waals surface area contributed by atoms with Crippen LogP contribution in [-0.4, -0.2) is 59.2 Å². The maximum atomic E-state index is 13.8. The van der Waals surface area contributed by atoms with Crippen molar-refractivity contribution in [2.45, 2.75) is 75.3 Å². The third-order valence-electron chi connectivity index (χ3n) is 7.22. The van der Waals surface area contributed by atoms with E-state index in [0.29, 0.717) is 19.6 Å². The monoisotopic (exact) mass is 647 g/mol. The summed E-state index contributed by atoms with van der Waals surface area (Å²) in [4.78, 5) is 28.2. The molecule has 0 spiro atoms. The molecule has 4 N–H and O–H groups in total. The molecule has 1 aliphatic heterocycles. The molecule has 5 atom stereocenters. The van der Waals surface area contributed by atoms with Crippen molar-refractivity contribution in [1.29, 1.82) is 0 Å². The molecule has 1 fully saturated rings. The van der Waals surface area contributed by atoms with Crippen molar-refractivity contribution >= 4 is 34.4 Å². The van der Waals surface area contributed by atoms with E-state index >= 15 is 0 Å². The van der Waals surface area contributed by atoms with E-state index < -0.39 is 29.5 Å².